The highest BCUT2D eigenvalue weighted by Gasteiger charge is 2.64. The average Bonchev–Trinajstić information content (AvgIpc) is 3.33. The highest BCUT2D eigenvalue weighted by molar-refractivity contribution is 9.10. The Bertz CT molecular complexity index is 2660. The summed E-state index contributed by atoms with van der Waals surface area (Å²) in [5.74, 6) is -1.32. The van der Waals surface area contributed by atoms with Gasteiger partial charge in [0.1, 0.15) is 47.5 Å². The van der Waals surface area contributed by atoms with Gasteiger partial charge in [-0.25, -0.2) is 19.2 Å². The van der Waals surface area contributed by atoms with Crippen molar-refractivity contribution in [3.05, 3.63) is 28.7 Å². The number of carboxylic acid groups (broad SMARTS) is 1. The summed E-state index contributed by atoms with van der Waals surface area (Å²) in [6, 6.07) is 2.02. The standard InChI is InChI=1S/C32H42BrN3O9S.C25H37N3O7/c1-43-30(39)32-17-21(32)7-5-3-2-4-6-8-26(34-31(40)44-23-14-19-13-20(19)15-23)29(38)36-18-24(16-27(36)28(37)35-32)45-46(41,42)25-11-9-22(33)10-12-25;29-17-11-20-21(30)27-25(23(32)33)12-16(25)6-4-2-1-3-5-7-19(22(31)28(20)13-17)26-24(34)35-18-9-14-8-15(14)10-18/h9-12,19-21,23-24,26-27H,2-8,13-18H2,1H3,(H,34,40)(H,35,37);14-20,29H,1-13H2,(H,26,34)(H,27,30)(H,32,33)/t19-,20+,21-,23?,24+,26+,27+,32-;14-,15+,16-,17-,18?,19+,20+,25-/m11/s1. The molecule has 1 aromatic carbocycles. The first-order valence-electron chi connectivity index (χ1n) is 29.6. The molecule has 1 aromatic rings. The predicted molar refractivity (Wildman–Crippen MR) is 291 cm³/mol. The summed E-state index contributed by atoms with van der Waals surface area (Å²) in [6.45, 7) is -0.222. The second-order valence-electron chi connectivity index (χ2n) is 24.9. The average molecular weight is 1220 g/mol. The molecule has 22 nitrogen and oxygen atoms in total. The highest BCUT2D eigenvalue weighted by Crippen LogP contribution is 2.54. The molecule has 4 saturated heterocycles. The van der Waals surface area contributed by atoms with Gasteiger partial charge < -0.3 is 55.5 Å². The zero-order valence-electron chi connectivity index (χ0n) is 46.1. The van der Waals surface area contributed by atoms with Crippen LogP contribution in [-0.4, -0.2) is 156 Å². The lowest BCUT2D eigenvalue weighted by Gasteiger charge is -2.30. The number of halogens is 1. The summed E-state index contributed by atoms with van der Waals surface area (Å²) < 4.78 is 49.0. The van der Waals surface area contributed by atoms with Crippen LogP contribution in [0, 0.1) is 35.5 Å². The third-order valence-electron chi connectivity index (χ3n) is 19.1. The molecule has 6 amide bonds. The molecule has 4 aliphatic heterocycles. The molecule has 16 atom stereocenters. The second kappa shape index (κ2) is 24.6. The summed E-state index contributed by atoms with van der Waals surface area (Å²) in [4.78, 5) is 108. The Hall–Kier alpha value is -5.07. The normalized spacial score (nSPS) is 37.5. The minimum absolute atomic E-state index is 0.0281. The van der Waals surface area contributed by atoms with E-state index in [1.807, 2.05) is 0 Å². The van der Waals surface area contributed by atoms with Gasteiger partial charge in [-0.05, 0) is 137 Å². The van der Waals surface area contributed by atoms with E-state index in [4.69, 9.17) is 18.4 Å². The number of fused-ring (bicyclic) bond motifs is 6. The first-order valence-corrected chi connectivity index (χ1v) is 31.8. The van der Waals surface area contributed by atoms with Crippen molar-refractivity contribution in [3.8, 4) is 0 Å². The largest absolute Gasteiger partial charge is 0.479 e. The minimum Gasteiger partial charge on any atom is -0.479 e. The third-order valence-corrected chi connectivity index (χ3v) is 21.0. The number of esters is 1. The molecule has 10 fully saturated rings. The van der Waals surface area contributed by atoms with E-state index in [9.17, 15) is 57.0 Å². The van der Waals surface area contributed by atoms with Crippen molar-refractivity contribution in [3.63, 3.8) is 0 Å². The molecule has 0 spiro atoms. The van der Waals surface area contributed by atoms with Crippen LogP contribution in [0.2, 0.25) is 0 Å². The molecular weight excluding hydrogens is 1140 g/mol. The molecule has 24 heteroatoms. The zero-order chi connectivity index (χ0) is 57.4. The molecule has 6 N–H and O–H groups in total. The van der Waals surface area contributed by atoms with Crippen LogP contribution in [0.1, 0.15) is 154 Å². The van der Waals surface area contributed by atoms with Gasteiger partial charge >= 0.3 is 24.1 Å². The summed E-state index contributed by atoms with van der Waals surface area (Å²) in [6.07, 6.45) is 14.0. The van der Waals surface area contributed by atoms with E-state index in [1.54, 1.807) is 12.1 Å². The number of ether oxygens (including phenoxy) is 3. The SMILES string of the molecule is COC(=O)[C@@]12C[C@H]1CCCCCCC[C@H](NC(=O)OC1C[C@@H]3C[C@@H]3C1)C(=O)N1C[C@@H](OS(=O)(=O)c3ccc(Br)cc3)C[C@H]1C(=O)N2.O=C(N[C@H]1CCCCCCC[C@@H]2C[C@@]2(C(=O)O)NC(=O)[C@@H]2C[C@@H](O)CN2C1=O)OC1C[C@@H]2C[C@@H]2C1. The Morgan fingerprint density at radius 1 is 0.605 bits per heavy atom. The maximum absolute atomic E-state index is 14.2. The lowest BCUT2D eigenvalue weighted by Crippen LogP contribution is -2.56. The quantitative estimate of drug-likeness (QED) is 0.103. The third kappa shape index (κ3) is 13.8. The Kier molecular flexibility index (Phi) is 18.0. The molecule has 446 valence electrons. The number of benzene rings is 1. The van der Waals surface area contributed by atoms with Gasteiger partial charge in [-0.15, -0.1) is 0 Å². The van der Waals surface area contributed by atoms with E-state index in [1.165, 1.54) is 41.9 Å². The van der Waals surface area contributed by atoms with Gasteiger partial charge in [-0.1, -0.05) is 80.1 Å². The van der Waals surface area contributed by atoms with E-state index in [0.717, 1.165) is 96.3 Å². The van der Waals surface area contributed by atoms with E-state index in [2.05, 4.69) is 37.2 Å². The molecule has 81 heavy (non-hydrogen) atoms. The van der Waals surface area contributed by atoms with Gasteiger partial charge in [0.25, 0.3) is 10.1 Å². The van der Waals surface area contributed by atoms with Crippen molar-refractivity contribution < 1.29 is 75.4 Å². The highest BCUT2D eigenvalue weighted by atomic mass is 79.9. The fourth-order valence-corrected chi connectivity index (χ4v) is 15.5. The van der Waals surface area contributed by atoms with Crippen LogP contribution in [0.3, 0.4) is 0 Å². The predicted octanol–water partition coefficient (Wildman–Crippen LogP) is 5.35. The number of methoxy groups -OCH3 is 1. The van der Waals surface area contributed by atoms with Crippen LogP contribution in [0.4, 0.5) is 9.59 Å². The van der Waals surface area contributed by atoms with Crippen molar-refractivity contribution >= 4 is 73.8 Å². The van der Waals surface area contributed by atoms with Crippen LogP contribution in [0.5, 0.6) is 0 Å². The van der Waals surface area contributed by atoms with Crippen LogP contribution < -0.4 is 21.3 Å². The Labute approximate surface area is 481 Å². The van der Waals surface area contributed by atoms with Crippen LogP contribution >= 0.6 is 15.9 Å². The van der Waals surface area contributed by atoms with Crippen molar-refractivity contribution in [2.75, 3.05) is 20.2 Å². The van der Waals surface area contributed by atoms with Gasteiger partial charge in [0.05, 0.1) is 24.2 Å². The van der Waals surface area contributed by atoms with E-state index in [0.29, 0.717) is 60.2 Å². The fraction of sp³-hybridized carbons (Fsp3) is 0.754. The lowest BCUT2D eigenvalue weighted by atomic mass is 10.0. The Balaban J connectivity index is 0.000000189. The molecule has 6 aliphatic carbocycles. The zero-order valence-corrected chi connectivity index (χ0v) is 48.5. The van der Waals surface area contributed by atoms with E-state index in [-0.39, 0.29) is 54.9 Å². The number of aliphatic carboxylic acids is 1. The summed E-state index contributed by atoms with van der Waals surface area (Å²) >= 11 is 3.29. The maximum atomic E-state index is 14.2. The number of carboxylic acids is 1. The monoisotopic (exact) mass is 1210 g/mol. The second-order valence-corrected chi connectivity index (χ2v) is 27.4. The number of aliphatic hydroxyl groups excluding tert-OH is 1. The first-order chi connectivity index (χ1) is 38.7. The van der Waals surface area contributed by atoms with Crippen molar-refractivity contribution in [1.29, 1.82) is 0 Å². The van der Waals surface area contributed by atoms with Crippen molar-refractivity contribution in [1.82, 2.24) is 31.1 Å². The number of hydrogen-bond donors (Lipinski definition) is 6. The summed E-state index contributed by atoms with van der Waals surface area (Å²) in [7, 11) is -2.95. The number of carbonyl (C=O) groups is 8. The van der Waals surface area contributed by atoms with E-state index >= 15 is 0 Å². The number of hydrogen-bond acceptors (Lipinski definition) is 15. The fourth-order valence-electron chi connectivity index (χ4n) is 14.2. The first kappa shape index (κ1) is 59.1. The molecule has 10 aliphatic rings. The van der Waals surface area contributed by atoms with Crippen LogP contribution in [-0.2, 0) is 57.3 Å². The van der Waals surface area contributed by atoms with Crippen LogP contribution in [0.15, 0.2) is 33.6 Å². The molecule has 6 saturated carbocycles. The molecule has 11 rings (SSSR count). The molecule has 0 radical (unpaired) electrons. The van der Waals surface area contributed by atoms with E-state index < -0.39 is 105 Å². The summed E-state index contributed by atoms with van der Waals surface area (Å²) in [5, 5.41) is 31.2. The number of nitrogens with one attached hydrogen (secondary N) is 4. The van der Waals surface area contributed by atoms with Gasteiger partial charge in [-0.3, -0.25) is 23.4 Å². The molecule has 0 bridgehead atoms. The molecule has 0 aromatic heterocycles. The van der Waals surface area contributed by atoms with Gasteiger partial charge in [0.2, 0.25) is 23.6 Å². The van der Waals surface area contributed by atoms with Gasteiger partial charge in [0.15, 0.2) is 0 Å². The van der Waals surface area contributed by atoms with Gasteiger partial charge in [-0.2, -0.15) is 8.42 Å². The molecule has 2 unspecified atom stereocenters. The number of amides is 6. The number of nitrogens with zero attached hydrogens (tertiary/aromatic N) is 2. The Morgan fingerprint density at radius 2 is 1.05 bits per heavy atom. The molecular formula is C57H79BrN6O16S. The van der Waals surface area contributed by atoms with Crippen molar-refractivity contribution in [2.45, 2.75) is 219 Å². The lowest BCUT2D eigenvalue weighted by molar-refractivity contribution is -0.148. The number of alkyl carbamates (subject to hydrolysis) is 2. The number of carbonyl (C=O) groups excluding carboxylic acids is 7. The number of aliphatic hydroxyl groups is 1. The molecule has 4 heterocycles. The number of rotatable bonds is 9. The van der Waals surface area contributed by atoms with Crippen LogP contribution in [0.25, 0.3) is 0 Å². The van der Waals surface area contributed by atoms with Gasteiger partial charge in [0, 0.05) is 30.4 Å². The summed E-state index contributed by atoms with van der Waals surface area (Å²) in [5.41, 5.74) is -2.48. The Morgan fingerprint density at radius 3 is 1.56 bits per heavy atom. The maximum Gasteiger partial charge on any atom is 0.408 e. The minimum atomic E-state index is -4.23. The smallest absolute Gasteiger partial charge is 0.408 e. The van der Waals surface area contributed by atoms with Crippen molar-refractivity contribution in [2.24, 2.45) is 35.5 Å². The topological polar surface area (TPSA) is 303 Å².